The van der Waals surface area contributed by atoms with E-state index in [0.717, 1.165) is 13.0 Å². The predicted octanol–water partition coefficient (Wildman–Crippen LogP) is 1.08. The van der Waals surface area contributed by atoms with E-state index < -0.39 is 0 Å². The van der Waals surface area contributed by atoms with E-state index in [4.69, 9.17) is 5.73 Å². The third kappa shape index (κ3) is 4.61. The second kappa shape index (κ2) is 6.19. The number of rotatable bonds is 6. The van der Waals surface area contributed by atoms with Crippen molar-refractivity contribution in [1.82, 2.24) is 5.32 Å². The van der Waals surface area contributed by atoms with E-state index in [1.54, 1.807) is 0 Å². The summed E-state index contributed by atoms with van der Waals surface area (Å²) in [5.74, 6) is -0.253. The molecule has 1 aromatic rings. The Hall–Kier alpha value is -1.35. The molecule has 0 unspecified atom stereocenters. The van der Waals surface area contributed by atoms with Gasteiger partial charge in [-0.25, -0.2) is 0 Å². The van der Waals surface area contributed by atoms with Gasteiger partial charge in [-0.3, -0.25) is 4.79 Å². The van der Waals surface area contributed by atoms with E-state index in [0.29, 0.717) is 6.42 Å². The number of benzene rings is 1. The standard InChI is InChI=1S/C12H18N2O/c1-2-14-11(9-12(13)15)8-10-6-4-3-5-7-10/h3-7,11,14H,2,8-9H2,1H3,(H2,13,15)/t11-/m0/s1. The highest BCUT2D eigenvalue weighted by atomic mass is 16.1. The molecule has 3 heteroatoms. The molecular weight excluding hydrogens is 188 g/mol. The summed E-state index contributed by atoms with van der Waals surface area (Å²) in [6, 6.07) is 10.3. The molecule has 0 aliphatic rings. The summed E-state index contributed by atoms with van der Waals surface area (Å²) in [5, 5.41) is 3.26. The maximum absolute atomic E-state index is 10.9. The molecule has 3 nitrogen and oxygen atoms in total. The Morgan fingerprint density at radius 2 is 2.07 bits per heavy atom. The molecule has 0 saturated heterocycles. The van der Waals surface area contributed by atoms with Crippen molar-refractivity contribution in [2.45, 2.75) is 25.8 Å². The lowest BCUT2D eigenvalue weighted by Gasteiger charge is -2.15. The van der Waals surface area contributed by atoms with Crippen LogP contribution in [0.2, 0.25) is 0 Å². The van der Waals surface area contributed by atoms with Gasteiger partial charge in [-0.2, -0.15) is 0 Å². The second-order valence-electron chi connectivity index (χ2n) is 3.61. The zero-order chi connectivity index (χ0) is 11.1. The average Bonchev–Trinajstić information content (AvgIpc) is 2.18. The Morgan fingerprint density at radius 3 is 2.60 bits per heavy atom. The topological polar surface area (TPSA) is 55.1 Å². The maximum atomic E-state index is 10.9. The number of carbonyl (C=O) groups excluding carboxylic acids is 1. The molecule has 0 heterocycles. The molecule has 0 saturated carbocycles. The maximum Gasteiger partial charge on any atom is 0.218 e. The minimum atomic E-state index is -0.253. The summed E-state index contributed by atoms with van der Waals surface area (Å²) in [7, 11) is 0. The van der Waals surface area contributed by atoms with Gasteiger partial charge in [-0.05, 0) is 18.5 Å². The highest BCUT2D eigenvalue weighted by Crippen LogP contribution is 2.05. The van der Waals surface area contributed by atoms with Crippen LogP contribution in [0.15, 0.2) is 30.3 Å². The quantitative estimate of drug-likeness (QED) is 0.732. The third-order valence-electron chi connectivity index (χ3n) is 2.27. The summed E-state index contributed by atoms with van der Waals surface area (Å²) < 4.78 is 0. The summed E-state index contributed by atoms with van der Waals surface area (Å²) >= 11 is 0. The first kappa shape index (κ1) is 11.7. The number of amides is 1. The zero-order valence-corrected chi connectivity index (χ0v) is 9.07. The third-order valence-corrected chi connectivity index (χ3v) is 2.27. The van der Waals surface area contributed by atoms with Crippen molar-refractivity contribution in [1.29, 1.82) is 0 Å². The Kier molecular flexibility index (Phi) is 4.84. The first-order chi connectivity index (χ1) is 7.22. The van der Waals surface area contributed by atoms with E-state index in [1.807, 2.05) is 25.1 Å². The van der Waals surface area contributed by atoms with Crippen molar-refractivity contribution in [3.8, 4) is 0 Å². The molecule has 3 N–H and O–H groups in total. The number of hydrogen-bond acceptors (Lipinski definition) is 2. The number of nitrogens with two attached hydrogens (primary N) is 1. The molecular formula is C12H18N2O. The van der Waals surface area contributed by atoms with Crippen LogP contribution in [0.5, 0.6) is 0 Å². The van der Waals surface area contributed by atoms with Crippen LogP contribution in [0.25, 0.3) is 0 Å². The van der Waals surface area contributed by atoms with Crippen molar-refractivity contribution in [2.24, 2.45) is 5.73 Å². The first-order valence-electron chi connectivity index (χ1n) is 5.28. The van der Waals surface area contributed by atoms with E-state index in [1.165, 1.54) is 5.56 Å². The lowest BCUT2D eigenvalue weighted by Crippen LogP contribution is -2.35. The zero-order valence-electron chi connectivity index (χ0n) is 9.07. The Bertz CT molecular complexity index is 298. The lowest BCUT2D eigenvalue weighted by atomic mass is 10.0. The van der Waals surface area contributed by atoms with Crippen molar-refractivity contribution < 1.29 is 4.79 Å². The van der Waals surface area contributed by atoms with Crippen LogP contribution < -0.4 is 11.1 Å². The largest absolute Gasteiger partial charge is 0.370 e. The van der Waals surface area contributed by atoms with Gasteiger partial charge in [0.1, 0.15) is 0 Å². The van der Waals surface area contributed by atoms with Crippen molar-refractivity contribution in [3.63, 3.8) is 0 Å². The molecule has 0 fully saturated rings. The fourth-order valence-electron chi connectivity index (χ4n) is 1.65. The molecule has 1 atom stereocenters. The van der Waals surface area contributed by atoms with Gasteiger partial charge in [0.25, 0.3) is 0 Å². The molecule has 0 aliphatic carbocycles. The number of primary amides is 1. The van der Waals surface area contributed by atoms with Gasteiger partial charge in [-0.1, -0.05) is 37.3 Å². The van der Waals surface area contributed by atoms with E-state index in [-0.39, 0.29) is 11.9 Å². The predicted molar refractivity (Wildman–Crippen MR) is 61.4 cm³/mol. The molecule has 1 rings (SSSR count). The van der Waals surface area contributed by atoms with E-state index in [2.05, 4.69) is 17.4 Å². The monoisotopic (exact) mass is 206 g/mol. The molecule has 15 heavy (non-hydrogen) atoms. The van der Waals surface area contributed by atoms with Gasteiger partial charge in [-0.15, -0.1) is 0 Å². The molecule has 0 spiro atoms. The van der Waals surface area contributed by atoms with E-state index >= 15 is 0 Å². The first-order valence-corrected chi connectivity index (χ1v) is 5.28. The Labute approximate surface area is 90.7 Å². The molecule has 0 radical (unpaired) electrons. The number of hydrogen-bond donors (Lipinski definition) is 2. The smallest absolute Gasteiger partial charge is 0.218 e. The van der Waals surface area contributed by atoms with Crippen LogP contribution >= 0.6 is 0 Å². The highest BCUT2D eigenvalue weighted by molar-refractivity contribution is 5.74. The van der Waals surface area contributed by atoms with Crippen LogP contribution in [-0.4, -0.2) is 18.5 Å². The fraction of sp³-hybridized carbons (Fsp3) is 0.417. The number of likely N-dealkylation sites (N-methyl/N-ethyl adjacent to an activating group) is 1. The fourth-order valence-corrected chi connectivity index (χ4v) is 1.65. The number of nitrogens with one attached hydrogen (secondary N) is 1. The molecule has 0 bridgehead atoms. The summed E-state index contributed by atoms with van der Waals surface area (Å²) in [6.07, 6.45) is 1.24. The molecule has 1 amide bonds. The van der Waals surface area contributed by atoms with Gasteiger partial charge in [0.05, 0.1) is 0 Å². The van der Waals surface area contributed by atoms with Crippen molar-refractivity contribution >= 4 is 5.91 Å². The SMILES string of the molecule is CCN[C@H](CC(N)=O)Cc1ccccc1. The Balaban J connectivity index is 2.54. The molecule has 1 aromatic carbocycles. The summed E-state index contributed by atoms with van der Waals surface area (Å²) in [6.45, 7) is 2.88. The normalized spacial score (nSPS) is 12.3. The second-order valence-corrected chi connectivity index (χ2v) is 3.61. The highest BCUT2D eigenvalue weighted by Gasteiger charge is 2.10. The van der Waals surface area contributed by atoms with Gasteiger partial charge in [0.15, 0.2) is 0 Å². The average molecular weight is 206 g/mol. The minimum Gasteiger partial charge on any atom is -0.370 e. The molecule has 82 valence electrons. The lowest BCUT2D eigenvalue weighted by molar-refractivity contribution is -0.118. The van der Waals surface area contributed by atoms with Crippen LogP contribution in [0, 0.1) is 0 Å². The van der Waals surface area contributed by atoms with E-state index in [9.17, 15) is 4.79 Å². The van der Waals surface area contributed by atoms with Crippen molar-refractivity contribution in [2.75, 3.05) is 6.54 Å². The minimum absolute atomic E-state index is 0.148. The van der Waals surface area contributed by atoms with Gasteiger partial charge < -0.3 is 11.1 Å². The molecule has 0 aromatic heterocycles. The van der Waals surface area contributed by atoms with Gasteiger partial charge >= 0.3 is 0 Å². The van der Waals surface area contributed by atoms with Gasteiger partial charge in [0, 0.05) is 12.5 Å². The van der Waals surface area contributed by atoms with Crippen LogP contribution in [0.1, 0.15) is 18.9 Å². The van der Waals surface area contributed by atoms with Crippen LogP contribution in [0.3, 0.4) is 0 Å². The summed E-state index contributed by atoms with van der Waals surface area (Å²) in [4.78, 5) is 10.9. The van der Waals surface area contributed by atoms with Crippen molar-refractivity contribution in [3.05, 3.63) is 35.9 Å². The number of carbonyl (C=O) groups is 1. The molecule has 0 aliphatic heterocycles. The summed E-state index contributed by atoms with van der Waals surface area (Å²) in [5.41, 5.74) is 6.42. The Morgan fingerprint density at radius 1 is 1.40 bits per heavy atom. The van der Waals surface area contributed by atoms with Gasteiger partial charge in [0.2, 0.25) is 5.91 Å². The van der Waals surface area contributed by atoms with Crippen LogP contribution in [-0.2, 0) is 11.2 Å². The van der Waals surface area contributed by atoms with Crippen LogP contribution in [0.4, 0.5) is 0 Å².